The maximum absolute atomic E-state index is 13.8. The van der Waals surface area contributed by atoms with Gasteiger partial charge in [0.1, 0.15) is 0 Å². The van der Waals surface area contributed by atoms with Gasteiger partial charge in [0.05, 0.1) is 33.8 Å². The number of pyridine rings is 1. The number of carbonyl (C=O) groups is 1. The largest absolute Gasteiger partial charge is 0.419 e. The maximum atomic E-state index is 13.8. The van der Waals surface area contributed by atoms with Gasteiger partial charge < -0.3 is 9.32 Å². The summed E-state index contributed by atoms with van der Waals surface area (Å²) in [7, 11) is 1.86. The molecule has 0 spiro atoms. The van der Waals surface area contributed by atoms with Crippen LogP contribution in [0.4, 0.5) is 0 Å². The normalized spacial score (nSPS) is 13.8. The van der Waals surface area contributed by atoms with Crippen molar-refractivity contribution in [3.05, 3.63) is 58.2 Å². The summed E-state index contributed by atoms with van der Waals surface area (Å²) in [6.07, 6.45) is 2.20. The first-order chi connectivity index (χ1) is 15.8. The molecule has 4 aromatic rings. The molecule has 1 amide bonds. The smallest absolute Gasteiger partial charge is 0.255 e. The lowest BCUT2D eigenvalue weighted by atomic mass is 10.1. The Morgan fingerprint density at radius 3 is 2.73 bits per heavy atom. The number of rotatable bonds is 6. The summed E-state index contributed by atoms with van der Waals surface area (Å²) in [5, 5.41) is 14.2. The molecule has 33 heavy (non-hydrogen) atoms. The lowest BCUT2D eigenvalue weighted by Gasteiger charge is -2.26. The van der Waals surface area contributed by atoms with E-state index >= 15 is 0 Å². The number of aromatic nitrogens is 5. The van der Waals surface area contributed by atoms with Crippen LogP contribution in [0.1, 0.15) is 60.2 Å². The summed E-state index contributed by atoms with van der Waals surface area (Å²) in [6, 6.07) is 9.15. The zero-order chi connectivity index (χ0) is 23.3. The van der Waals surface area contributed by atoms with Crippen molar-refractivity contribution in [1.29, 1.82) is 0 Å². The molecular weight excluding hydrogens is 440 g/mol. The molecule has 1 aliphatic rings. The Kier molecular flexibility index (Phi) is 5.40. The van der Waals surface area contributed by atoms with Crippen LogP contribution < -0.4 is 0 Å². The molecule has 0 bridgehead atoms. The summed E-state index contributed by atoms with van der Waals surface area (Å²) in [6.45, 7) is 6.04. The first kappa shape index (κ1) is 21.6. The third-order valence-electron chi connectivity index (χ3n) is 5.98. The molecule has 0 N–H and O–H groups in total. The molecule has 0 aliphatic heterocycles. The van der Waals surface area contributed by atoms with Crippen molar-refractivity contribution in [2.75, 3.05) is 0 Å². The average Bonchev–Trinajstić information content (AvgIpc) is 3.47. The van der Waals surface area contributed by atoms with Gasteiger partial charge >= 0.3 is 0 Å². The third-order valence-corrected chi connectivity index (χ3v) is 6.31. The van der Waals surface area contributed by atoms with Gasteiger partial charge in [-0.1, -0.05) is 23.7 Å². The summed E-state index contributed by atoms with van der Waals surface area (Å²) in [5.74, 6) is 0.991. The number of benzene rings is 1. The first-order valence-electron chi connectivity index (χ1n) is 11.1. The summed E-state index contributed by atoms with van der Waals surface area (Å²) in [5.41, 5.74) is 3.76. The molecular formula is C24H25ClN6O2. The number of halogens is 1. The van der Waals surface area contributed by atoms with E-state index < -0.39 is 0 Å². The number of hydrogen-bond donors (Lipinski definition) is 0. The van der Waals surface area contributed by atoms with E-state index in [1.165, 1.54) is 0 Å². The molecule has 9 heteroatoms. The fraction of sp³-hybridized carbons (Fsp3) is 0.375. The molecule has 3 aromatic heterocycles. The monoisotopic (exact) mass is 464 g/mol. The van der Waals surface area contributed by atoms with Crippen LogP contribution in [-0.2, 0) is 13.6 Å². The minimum atomic E-state index is -0.104. The Morgan fingerprint density at radius 2 is 2.03 bits per heavy atom. The molecule has 1 aliphatic carbocycles. The Balaban J connectivity index is 1.51. The van der Waals surface area contributed by atoms with Crippen LogP contribution in [0.5, 0.6) is 0 Å². The minimum absolute atomic E-state index is 0.0854. The van der Waals surface area contributed by atoms with Gasteiger partial charge in [-0.3, -0.25) is 9.48 Å². The molecule has 8 nitrogen and oxygen atoms in total. The highest BCUT2D eigenvalue weighted by Crippen LogP contribution is 2.40. The second-order valence-corrected chi connectivity index (χ2v) is 9.19. The van der Waals surface area contributed by atoms with Crippen molar-refractivity contribution < 1.29 is 9.21 Å². The van der Waals surface area contributed by atoms with Gasteiger partial charge in [-0.25, -0.2) is 4.98 Å². The van der Waals surface area contributed by atoms with E-state index in [1.54, 1.807) is 15.6 Å². The molecule has 0 saturated heterocycles. The fourth-order valence-corrected chi connectivity index (χ4v) is 4.29. The van der Waals surface area contributed by atoms with Crippen LogP contribution in [0.25, 0.3) is 22.5 Å². The van der Waals surface area contributed by atoms with Crippen molar-refractivity contribution in [3.8, 4) is 11.5 Å². The van der Waals surface area contributed by atoms with Gasteiger partial charge in [0.15, 0.2) is 5.65 Å². The molecule has 0 unspecified atom stereocenters. The average molecular weight is 465 g/mol. The van der Waals surface area contributed by atoms with E-state index in [9.17, 15) is 4.79 Å². The standard InChI is InChI=1S/C24H25ClN6O2/c1-13(2)31(12-20-27-28-23(33-20)16-7-5-6-8-18(16)25)24(32)17-11-19(15-9-10-15)26-22-21(17)14(3)29-30(22)4/h5-8,11,13,15H,9-10,12H2,1-4H3. The number of fused-ring (bicyclic) bond motifs is 1. The summed E-state index contributed by atoms with van der Waals surface area (Å²) in [4.78, 5) is 20.4. The number of aryl methyl sites for hydroxylation is 2. The molecule has 0 atom stereocenters. The highest BCUT2D eigenvalue weighted by atomic mass is 35.5. The first-order valence-corrected chi connectivity index (χ1v) is 11.4. The van der Waals surface area contributed by atoms with Gasteiger partial charge in [0.2, 0.25) is 11.8 Å². The summed E-state index contributed by atoms with van der Waals surface area (Å²) >= 11 is 6.27. The Bertz CT molecular complexity index is 1350. The zero-order valence-electron chi connectivity index (χ0n) is 19.0. The lowest BCUT2D eigenvalue weighted by molar-refractivity contribution is 0.0674. The number of carbonyl (C=O) groups excluding carboxylic acids is 1. The fourth-order valence-electron chi connectivity index (χ4n) is 4.07. The molecule has 3 heterocycles. The van der Waals surface area contributed by atoms with Crippen LogP contribution >= 0.6 is 11.6 Å². The molecule has 5 rings (SSSR count). The van der Waals surface area contributed by atoms with Crippen LogP contribution in [0.3, 0.4) is 0 Å². The molecule has 1 saturated carbocycles. The molecule has 1 fully saturated rings. The van der Waals surface area contributed by atoms with Crippen LogP contribution in [0, 0.1) is 6.92 Å². The van der Waals surface area contributed by atoms with E-state index in [2.05, 4.69) is 15.3 Å². The van der Waals surface area contributed by atoms with Crippen molar-refractivity contribution >= 4 is 28.5 Å². The predicted octanol–water partition coefficient (Wildman–Crippen LogP) is 4.91. The van der Waals surface area contributed by atoms with Gasteiger partial charge in [-0.05, 0) is 51.8 Å². The Morgan fingerprint density at radius 1 is 1.27 bits per heavy atom. The lowest BCUT2D eigenvalue weighted by Crippen LogP contribution is -2.36. The quantitative estimate of drug-likeness (QED) is 0.402. The predicted molar refractivity (Wildman–Crippen MR) is 125 cm³/mol. The van der Waals surface area contributed by atoms with E-state index in [-0.39, 0.29) is 18.5 Å². The highest BCUT2D eigenvalue weighted by molar-refractivity contribution is 6.33. The van der Waals surface area contributed by atoms with E-state index in [0.29, 0.717) is 33.8 Å². The second kappa shape index (κ2) is 8.26. The topological polar surface area (TPSA) is 89.9 Å². The molecule has 0 radical (unpaired) electrons. The van der Waals surface area contributed by atoms with Crippen LogP contribution in [0.15, 0.2) is 34.7 Å². The van der Waals surface area contributed by atoms with Gasteiger partial charge in [0, 0.05) is 24.7 Å². The van der Waals surface area contributed by atoms with E-state index in [1.807, 2.05) is 52.1 Å². The number of hydrogen-bond acceptors (Lipinski definition) is 6. The van der Waals surface area contributed by atoms with Crippen LogP contribution in [-0.4, -0.2) is 41.8 Å². The molecule has 1 aromatic carbocycles. The SMILES string of the molecule is Cc1nn(C)c2nc(C3CC3)cc(C(=O)N(Cc3nnc(-c4ccccc4Cl)o3)C(C)C)c12. The minimum Gasteiger partial charge on any atom is -0.419 e. The van der Waals surface area contributed by atoms with E-state index in [4.69, 9.17) is 21.0 Å². The van der Waals surface area contributed by atoms with E-state index in [0.717, 1.165) is 35.3 Å². The third kappa shape index (κ3) is 3.99. The van der Waals surface area contributed by atoms with Crippen molar-refractivity contribution in [2.45, 2.75) is 52.1 Å². The Labute approximate surface area is 196 Å². The molecule has 170 valence electrons. The zero-order valence-corrected chi connectivity index (χ0v) is 19.8. The van der Waals surface area contributed by atoms with Crippen molar-refractivity contribution in [3.63, 3.8) is 0 Å². The van der Waals surface area contributed by atoms with Gasteiger partial charge in [-0.2, -0.15) is 5.10 Å². The van der Waals surface area contributed by atoms with Gasteiger partial charge in [-0.15, -0.1) is 10.2 Å². The highest BCUT2D eigenvalue weighted by Gasteiger charge is 2.31. The van der Waals surface area contributed by atoms with Crippen molar-refractivity contribution in [2.24, 2.45) is 7.05 Å². The number of amides is 1. The maximum Gasteiger partial charge on any atom is 0.255 e. The summed E-state index contributed by atoms with van der Waals surface area (Å²) < 4.78 is 7.63. The van der Waals surface area contributed by atoms with Crippen LogP contribution in [0.2, 0.25) is 5.02 Å². The Hall–Kier alpha value is -3.26. The van der Waals surface area contributed by atoms with Gasteiger partial charge in [0.25, 0.3) is 5.91 Å². The van der Waals surface area contributed by atoms with Crippen molar-refractivity contribution in [1.82, 2.24) is 29.9 Å². The number of nitrogens with zero attached hydrogens (tertiary/aromatic N) is 6. The second-order valence-electron chi connectivity index (χ2n) is 8.78.